The Bertz CT molecular complexity index is 953. The van der Waals surface area contributed by atoms with Gasteiger partial charge in [-0.3, -0.25) is 4.98 Å². The number of pyridine rings is 1. The van der Waals surface area contributed by atoms with Crippen LogP contribution in [0.1, 0.15) is 13.8 Å². The number of hydrogen-bond acceptors (Lipinski definition) is 7. The fourth-order valence-corrected chi connectivity index (χ4v) is 2.70. The van der Waals surface area contributed by atoms with Crippen LogP contribution >= 0.6 is 0 Å². The van der Waals surface area contributed by atoms with E-state index >= 15 is 0 Å². The van der Waals surface area contributed by atoms with Gasteiger partial charge in [0, 0.05) is 24.0 Å². The molecule has 1 aromatic carbocycles. The number of anilines is 3. The number of aromatic nitrogens is 3. The zero-order valence-electron chi connectivity index (χ0n) is 16.6. The normalized spacial score (nSPS) is 11.9. The molecule has 8 heteroatoms. The van der Waals surface area contributed by atoms with Crippen molar-refractivity contribution in [2.75, 3.05) is 24.4 Å². The molecule has 29 heavy (non-hydrogen) atoms. The quantitative estimate of drug-likeness (QED) is 0.531. The summed E-state index contributed by atoms with van der Waals surface area (Å²) in [6, 6.07) is 11.6. The van der Waals surface area contributed by atoms with E-state index in [1.807, 2.05) is 32.0 Å². The van der Waals surface area contributed by atoms with Crippen LogP contribution < -0.4 is 15.4 Å². The van der Waals surface area contributed by atoms with Gasteiger partial charge in [0.2, 0.25) is 5.95 Å². The van der Waals surface area contributed by atoms with Crippen LogP contribution in [0.15, 0.2) is 48.7 Å². The molecule has 3 aromatic rings. The molecule has 2 aromatic heterocycles. The Morgan fingerprint density at radius 2 is 1.93 bits per heavy atom. The number of hydrogen-bond donors (Lipinski definition) is 3. The van der Waals surface area contributed by atoms with Crippen molar-refractivity contribution in [2.45, 2.75) is 19.9 Å². The molecule has 0 spiro atoms. The lowest BCUT2D eigenvalue weighted by Crippen LogP contribution is -2.30. The van der Waals surface area contributed by atoms with Gasteiger partial charge in [0.25, 0.3) is 0 Å². The maximum absolute atomic E-state index is 14.0. The van der Waals surface area contributed by atoms with E-state index in [0.29, 0.717) is 28.8 Å². The van der Waals surface area contributed by atoms with Gasteiger partial charge >= 0.3 is 0 Å². The lowest BCUT2D eigenvalue weighted by atomic mass is 10.1. The molecular formula is C21H24FN5O2. The molecular weight excluding hydrogens is 373 g/mol. The van der Waals surface area contributed by atoms with Crippen molar-refractivity contribution in [3.63, 3.8) is 0 Å². The maximum Gasteiger partial charge on any atom is 0.225 e. The molecule has 0 saturated heterocycles. The van der Waals surface area contributed by atoms with Crippen molar-refractivity contribution < 1.29 is 14.2 Å². The van der Waals surface area contributed by atoms with E-state index in [4.69, 9.17) is 4.74 Å². The van der Waals surface area contributed by atoms with Gasteiger partial charge in [-0.2, -0.15) is 4.98 Å². The maximum atomic E-state index is 14.0. The lowest BCUT2D eigenvalue weighted by Gasteiger charge is -2.20. The van der Waals surface area contributed by atoms with Crippen molar-refractivity contribution in [1.29, 1.82) is 0 Å². The monoisotopic (exact) mass is 397 g/mol. The molecule has 0 unspecified atom stereocenters. The van der Waals surface area contributed by atoms with Crippen LogP contribution in [0.2, 0.25) is 0 Å². The molecule has 0 fully saturated rings. The molecule has 0 radical (unpaired) electrons. The average molecular weight is 397 g/mol. The minimum absolute atomic E-state index is 0.0543. The second-order valence-electron chi connectivity index (χ2n) is 6.83. The van der Waals surface area contributed by atoms with E-state index in [9.17, 15) is 9.50 Å². The predicted molar refractivity (Wildman–Crippen MR) is 111 cm³/mol. The minimum atomic E-state index is -0.477. The van der Waals surface area contributed by atoms with Crippen LogP contribution in [0.25, 0.3) is 11.4 Å². The second kappa shape index (κ2) is 9.29. The number of nitrogens with zero attached hydrogens (tertiary/aromatic N) is 3. The summed E-state index contributed by atoms with van der Waals surface area (Å²) >= 11 is 0. The Morgan fingerprint density at radius 3 is 2.55 bits per heavy atom. The Hall–Kier alpha value is -3.26. The first-order valence-corrected chi connectivity index (χ1v) is 9.28. The summed E-state index contributed by atoms with van der Waals surface area (Å²) in [6.07, 6.45) is 1.68. The summed E-state index contributed by atoms with van der Waals surface area (Å²) in [5.41, 5.74) is 1.79. The zero-order chi connectivity index (χ0) is 20.8. The number of halogens is 1. The van der Waals surface area contributed by atoms with Crippen molar-refractivity contribution in [3.05, 3.63) is 54.5 Å². The van der Waals surface area contributed by atoms with E-state index in [1.54, 1.807) is 18.3 Å². The first-order valence-electron chi connectivity index (χ1n) is 9.28. The van der Waals surface area contributed by atoms with Gasteiger partial charge in [-0.1, -0.05) is 19.9 Å². The van der Waals surface area contributed by atoms with Crippen molar-refractivity contribution >= 4 is 17.5 Å². The summed E-state index contributed by atoms with van der Waals surface area (Å²) < 4.78 is 19.0. The van der Waals surface area contributed by atoms with Gasteiger partial charge < -0.3 is 20.5 Å². The van der Waals surface area contributed by atoms with E-state index in [-0.39, 0.29) is 24.3 Å². The molecule has 0 bridgehead atoms. The largest absolute Gasteiger partial charge is 0.494 e. The molecule has 0 aliphatic carbocycles. The third-order valence-corrected chi connectivity index (χ3v) is 4.39. The molecule has 2 heterocycles. The molecule has 152 valence electrons. The first kappa shape index (κ1) is 20.5. The molecule has 0 saturated carbocycles. The standard InChI is InChI=1S/C21H24FN5O2/c1-13(2)18(12-28)26-21-25-17(16-6-4-5-9-23-16)11-20(27-21)24-14-7-8-19(29-3)15(22)10-14/h4-11,13,18,28H,12H2,1-3H3,(H2,24,25,26,27)/t18-/m1/s1. The molecule has 3 rings (SSSR count). The highest BCUT2D eigenvalue weighted by molar-refractivity contribution is 5.65. The first-order chi connectivity index (χ1) is 14.0. The van der Waals surface area contributed by atoms with Crippen molar-refractivity contribution in [1.82, 2.24) is 15.0 Å². The van der Waals surface area contributed by atoms with Gasteiger partial charge in [-0.25, -0.2) is 9.37 Å². The van der Waals surface area contributed by atoms with Crippen LogP contribution in [0, 0.1) is 11.7 Å². The Kier molecular flexibility index (Phi) is 6.56. The summed E-state index contributed by atoms with van der Waals surface area (Å²) in [4.78, 5) is 13.3. The third kappa shape index (κ3) is 5.17. The average Bonchev–Trinajstić information content (AvgIpc) is 2.72. The van der Waals surface area contributed by atoms with Crippen molar-refractivity contribution in [2.24, 2.45) is 5.92 Å². The zero-order valence-corrected chi connectivity index (χ0v) is 16.6. The molecule has 1 atom stereocenters. The summed E-state index contributed by atoms with van der Waals surface area (Å²) in [7, 11) is 1.42. The van der Waals surface area contributed by atoms with Gasteiger partial charge in [-0.15, -0.1) is 0 Å². The van der Waals surface area contributed by atoms with E-state index < -0.39 is 5.82 Å². The molecule has 0 amide bonds. The lowest BCUT2D eigenvalue weighted by molar-refractivity contribution is 0.248. The molecule has 0 aliphatic rings. The Labute approximate surface area is 169 Å². The Morgan fingerprint density at radius 1 is 1.10 bits per heavy atom. The number of aliphatic hydroxyl groups is 1. The number of rotatable bonds is 8. The second-order valence-corrected chi connectivity index (χ2v) is 6.83. The number of benzene rings is 1. The smallest absolute Gasteiger partial charge is 0.225 e. The summed E-state index contributed by atoms with van der Waals surface area (Å²) in [5, 5.41) is 15.9. The van der Waals surface area contributed by atoms with E-state index in [0.717, 1.165) is 0 Å². The third-order valence-electron chi connectivity index (χ3n) is 4.39. The number of methoxy groups -OCH3 is 1. The highest BCUT2D eigenvalue weighted by atomic mass is 19.1. The number of aliphatic hydroxyl groups excluding tert-OH is 1. The van der Waals surface area contributed by atoms with Gasteiger partial charge in [-0.05, 0) is 30.2 Å². The molecule has 7 nitrogen and oxygen atoms in total. The van der Waals surface area contributed by atoms with Crippen LogP contribution in [-0.2, 0) is 0 Å². The van der Waals surface area contributed by atoms with Crippen molar-refractivity contribution in [3.8, 4) is 17.1 Å². The highest BCUT2D eigenvalue weighted by Gasteiger charge is 2.15. The fourth-order valence-electron chi connectivity index (χ4n) is 2.70. The highest BCUT2D eigenvalue weighted by Crippen LogP contribution is 2.26. The fraction of sp³-hybridized carbons (Fsp3) is 0.286. The minimum Gasteiger partial charge on any atom is -0.494 e. The molecule has 0 aliphatic heterocycles. The summed E-state index contributed by atoms with van der Waals surface area (Å²) in [5.74, 6) is 0.673. The number of ether oxygens (including phenoxy) is 1. The summed E-state index contributed by atoms with van der Waals surface area (Å²) in [6.45, 7) is 3.94. The number of nitrogens with one attached hydrogen (secondary N) is 2. The van der Waals surface area contributed by atoms with E-state index in [1.165, 1.54) is 19.2 Å². The van der Waals surface area contributed by atoms with Gasteiger partial charge in [0.1, 0.15) is 5.82 Å². The molecule has 3 N–H and O–H groups in total. The van der Waals surface area contributed by atoms with Crippen LogP contribution in [0.3, 0.4) is 0 Å². The topological polar surface area (TPSA) is 92.2 Å². The van der Waals surface area contributed by atoms with Crippen LogP contribution in [0.5, 0.6) is 5.75 Å². The van der Waals surface area contributed by atoms with Crippen LogP contribution in [-0.4, -0.2) is 39.8 Å². The van der Waals surface area contributed by atoms with Gasteiger partial charge in [0.15, 0.2) is 11.6 Å². The van der Waals surface area contributed by atoms with Crippen LogP contribution in [0.4, 0.5) is 21.8 Å². The SMILES string of the molecule is COc1ccc(Nc2cc(-c3ccccn3)nc(N[C@H](CO)C(C)C)n2)cc1F. The predicted octanol–water partition coefficient (Wildman–Crippen LogP) is 3.86. The Balaban J connectivity index is 1.96. The van der Waals surface area contributed by atoms with Gasteiger partial charge in [0.05, 0.1) is 31.1 Å². The van der Waals surface area contributed by atoms with E-state index in [2.05, 4.69) is 25.6 Å².